The van der Waals surface area contributed by atoms with Gasteiger partial charge in [-0.25, -0.2) is 8.42 Å². The van der Waals surface area contributed by atoms with Gasteiger partial charge in [-0.05, 0) is 24.3 Å². The first-order chi connectivity index (χ1) is 13.3. The van der Waals surface area contributed by atoms with Crippen molar-refractivity contribution >= 4 is 39.1 Å². The fourth-order valence-electron chi connectivity index (χ4n) is 3.12. The lowest BCUT2D eigenvalue weighted by Gasteiger charge is -2.34. The molecule has 3 rings (SSSR count). The van der Waals surface area contributed by atoms with Crippen molar-refractivity contribution in [3.63, 3.8) is 0 Å². The maximum atomic E-state index is 12.9. The van der Waals surface area contributed by atoms with E-state index in [1.807, 2.05) is 24.3 Å². The molecular formula is C19H20Cl2N2O4S. The summed E-state index contributed by atoms with van der Waals surface area (Å²) in [5.41, 5.74) is 0.802. The van der Waals surface area contributed by atoms with E-state index in [9.17, 15) is 13.2 Å². The Labute approximate surface area is 174 Å². The summed E-state index contributed by atoms with van der Waals surface area (Å²) < 4.78 is 32.4. The van der Waals surface area contributed by atoms with Crippen molar-refractivity contribution in [2.24, 2.45) is 0 Å². The smallest absolute Gasteiger partial charge is 0.244 e. The molecule has 2 aromatic rings. The van der Waals surface area contributed by atoms with Gasteiger partial charge in [-0.1, -0.05) is 41.4 Å². The fourth-order valence-corrected chi connectivity index (χ4v) is 5.27. The number of ether oxygens (including phenoxy) is 1. The normalized spacial score (nSPS) is 15.5. The Morgan fingerprint density at radius 1 is 1.07 bits per heavy atom. The van der Waals surface area contributed by atoms with Crippen LogP contribution in [0.5, 0.6) is 5.75 Å². The predicted octanol–water partition coefficient (Wildman–Crippen LogP) is 3.08. The van der Waals surface area contributed by atoms with Gasteiger partial charge in [0.25, 0.3) is 0 Å². The number of carbonyl (C=O) groups excluding carboxylic acids is 1. The minimum absolute atomic E-state index is 0.0181. The summed E-state index contributed by atoms with van der Waals surface area (Å²) in [5.74, 6) is 0.593. The predicted molar refractivity (Wildman–Crippen MR) is 108 cm³/mol. The van der Waals surface area contributed by atoms with Crippen LogP contribution in [0.4, 0.5) is 0 Å². The van der Waals surface area contributed by atoms with E-state index < -0.39 is 10.0 Å². The molecule has 0 bridgehead atoms. The first kappa shape index (κ1) is 20.9. The van der Waals surface area contributed by atoms with Crippen LogP contribution in [0.15, 0.2) is 47.4 Å². The number of amides is 1. The molecule has 0 saturated carbocycles. The van der Waals surface area contributed by atoms with Crippen molar-refractivity contribution in [3.05, 3.63) is 58.1 Å². The number of hydrogen-bond donors (Lipinski definition) is 0. The lowest BCUT2D eigenvalue weighted by atomic mass is 10.1. The SMILES string of the molecule is COc1ccccc1CC(=O)N1CCN(S(=O)(=O)c2cc(Cl)ccc2Cl)CC1. The first-order valence-electron chi connectivity index (χ1n) is 8.68. The van der Waals surface area contributed by atoms with Gasteiger partial charge in [0.1, 0.15) is 10.6 Å². The molecular weight excluding hydrogens is 423 g/mol. The third-order valence-electron chi connectivity index (χ3n) is 4.64. The Bertz CT molecular complexity index is 974. The summed E-state index contributed by atoms with van der Waals surface area (Å²) in [7, 11) is -2.21. The van der Waals surface area contributed by atoms with E-state index in [0.29, 0.717) is 23.9 Å². The number of methoxy groups -OCH3 is 1. The number of nitrogens with zero attached hydrogens (tertiary/aromatic N) is 2. The van der Waals surface area contributed by atoms with Crippen molar-refractivity contribution in [2.75, 3.05) is 33.3 Å². The van der Waals surface area contributed by atoms with Gasteiger partial charge in [0.05, 0.1) is 18.6 Å². The number of sulfonamides is 1. The molecule has 0 spiro atoms. The Balaban J connectivity index is 1.67. The number of benzene rings is 2. The van der Waals surface area contributed by atoms with Crippen molar-refractivity contribution in [2.45, 2.75) is 11.3 Å². The van der Waals surface area contributed by atoms with Crippen LogP contribution in [0.2, 0.25) is 10.0 Å². The van der Waals surface area contributed by atoms with Gasteiger partial charge < -0.3 is 9.64 Å². The van der Waals surface area contributed by atoms with Crippen molar-refractivity contribution < 1.29 is 17.9 Å². The van der Waals surface area contributed by atoms with Gasteiger partial charge in [-0.3, -0.25) is 4.79 Å². The standard InChI is InChI=1S/C19H20Cl2N2O4S/c1-27-17-5-3-2-4-14(17)12-19(24)22-8-10-23(11-9-22)28(25,26)18-13-15(20)6-7-16(18)21/h2-7,13H,8-12H2,1H3. The summed E-state index contributed by atoms with van der Waals surface area (Å²) in [6.45, 7) is 1.02. The molecule has 150 valence electrons. The quantitative estimate of drug-likeness (QED) is 0.713. The molecule has 6 nitrogen and oxygen atoms in total. The summed E-state index contributed by atoms with van der Waals surface area (Å²) in [4.78, 5) is 14.3. The average molecular weight is 443 g/mol. The third kappa shape index (κ3) is 4.43. The second kappa shape index (κ2) is 8.69. The molecule has 0 unspecified atom stereocenters. The second-order valence-corrected chi connectivity index (χ2v) is 9.10. The number of hydrogen-bond acceptors (Lipinski definition) is 4. The van der Waals surface area contributed by atoms with Gasteiger partial charge in [0, 0.05) is 36.8 Å². The molecule has 1 fully saturated rings. The molecule has 0 aliphatic carbocycles. The highest BCUT2D eigenvalue weighted by molar-refractivity contribution is 7.89. The highest BCUT2D eigenvalue weighted by Gasteiger charge is 2.31. The molecule has 0 radical (unpaired) electrons. The Morgan fingerprint density at radius 2 is 1.75 bits per heavy atom. The summed E-state index contributed by atoms with van der Waals surface area (Å²) >= 11 is 12.0. The third-order valence-corrected chi connectivity index (χ3v) is 7.25. The highest BCUT2D eigenvalue weighted by Crippen LogP contribution is 2.28. The Hall–Kier alpha value is -1.80. The zero-order valence-electron chi connectivity index (χ0n) is 15.3. The monoisotopic (exact) mass is 442 g/mol. The van der Waals surface area contributed by atoms with Gasteiger partial charge in [-0.15, -0.1) is 0 Å². The first-order valence-corrected chi connectivity index (χ1v) is 10.9. The van der Waals surface area contributed by atoms with E-state index in [1.165, 1.54) is 22.5 Å². The molecule has 0 atom stereocenters. The molecule has 1 amide bonds. The van der Waals surface area contributed by atoms with E-state index in [2.05, 4.69) is 0 Å². The maximum absolute atomic E-state index is 12.9. The van der Waals surface area contributed by atoms with Crippen molar-refractivity contribution in [3.8, 4) is 5.75 Å². The van der Waals surface area contributed by atoms with Crippen LogP contribution in [-0.2, 0) is 21.2 Å². The number of rotatable bonds is 5. The van der Waals surface area contributed by atoms with Crippen molar-refractivity contribution in [1.29, 1.82) is 0 Å². The molecule has 1 heterocycles. The van der Waals surface area contributed by atoms with Gasteiger partial charge in [-0.2, -0.15) is 4.31 Å². The van der Waals surface area contributed by atoms with Crippen LogP contribution in [-0.4, -0.2) is 56.8 Å². The van der Waals surface area contributed by atoms with E-state index in [-0.39, 0.29) is 35.3 Å². The van der Waals surface area contributed by atoms with Crippen LogP contribution >= 0.6 is 23.2 Å². The van der Waals surface area contributed by atoms with E-state index in [0.717, 1.165) is 5.56 Å². The summed E-state index contributed by atoms with van der Waals surface area (Å²) in [6.07, 6.45) is 0.205. The largest absolute Gasteiger partial charge is 0.496 e. The second-order valence-electron chi connectivity index (χ2n) is 6.35. The Morgan fingerprint density at radius 3 is 2.43 bits per heavy atom. The number of carbonyl (C=O) groups is 1. The zero-order chi connectivity index (χ0) is 20.3. The van der Waals surface area contributed by atoms with Crippen LogP contribution in [0.3, 0.4) is 0 Å². The van der Waals surface area contributed by atoms with Crippen LogP contribution < -0.4 is 4.74 Å². The van der Waals surface area contributed by atoms with Crippen LogP contribution in [0.25, 0.3) is 0 Å². The van der Waals surface area contributed by atoms with Crippen molar-refractivity contribution in [1.82, 2.24) is 9.21 Å². The average Bonchev–Trinajstić information content (AvgIpc) is 2.70. The molecule has 1 saturated heterocycles. The van der Waals surface area contributed by atoms with Crippen LogP contribution in [0.1, 0.15) is 5.56 Å². The number of piperazine rings is 1. The van der Waals surface area contributed by atoms with E-state index in [1.54, 1.807) is 12.0 Å². The number of para-hydroxylation sites is 1. The molecule has 1 aliphatic rings. The highest BCUT2D eigenvalue weighted by atomic mass is 35.5. The molecule has 0 N–H and O–H groups in total. The summed E-state index contributed by atoms with van der Waals surface area (Å²) in [5, 5.41) is 0.424. The molecule has 28 heavy (non-hydrogen) atoms. The minimum Gasteiger partial charge on any atom is -0.496 e. The Kier molecular flexibility index (Phi) is 6.50. The molecule has 0 aromatic heterocycles. The molecule has 1 aliphatic heterocycles. The van der Waals surface area contributed by atoms with Crippen LogP contribution in [0, 0.1) is 0 Å². The van der Waals surface area contributed by atoms with E-state index >= 15 is 0 Å². The molecule has 9 heteroatoms. The lowest BCUT2D eigenvalue weighted by Crippen LogP contribution is -2.50. The number of halogens is 2. The van der Waals surface area contributed by atoms with Gasteiger partial charge in [0.2, 0.25) is 15.9 Å². The maximum Gasteiger partial charge on any atom is 0.244 e. The topological polar surface area (TPSA) is 66.9 Å². The zero-order valence-corrected chi connectivity index (χ0v) is 17.6. The fraction of sp³-hybridized carbons (Fsp3) is 0.316. The van der Waals surface area contributed by atoms with Gasteiger partial charge >= 0.3 is 0 Å². The molecule has 2 aromatic carbocycles. The van der Waals surface area contributed by atoms with Gasteiger partial charge in [0.15, 0.2) is 0 Å². The minimum atomic E-state index is -3.77. The lowest BCUT2D eigenvalue weighted by molar-refractivity contribution is -0.131. The summed E-state index contributed by atoms with van der Waals surface area (Å²) in [6, 6.07) is 11.7. The van der Waals surface area contributed by atoms with E-state index in [4.69, 9.17) is 27.9 Å².